The van der Waals surface area contributed by atoms with Gasteiger partial charge in [0.05, 0.1) is 12.7 Å². The van der Waals surface area contributed by atoms with Gasteiger partial charge in [-0.3, -0.25) is 4.79 Å². The zero-order chi connectivity index (χ0) is 18.7. The highest BCUT2D eigenvalue weighted by Gasteiger charge is 2.35. The standard InChI is InChI=1S/C19H20F2N2O3.ClH/c1-25-16-9-5-8-13(17(16)26-19(20)21)18(24)23-10-14(15(22)11-23)12-6-3-2-4-7-12;/h2-9,14-15,19H,10-11,22H2,1H3;1H/t14-,15+;/m0./s1. The van der Waals surface area contributed by atoms with Gasteiger partial charge in [-0.05, 0) is 17.7 Å². The third-order valence-corrected chi connectivity index (χ3v) is 4.52. The Morgan fingerprint density at radius 3 is 2.48 bits per heavy atom. The summed E-state index contributed by atoms with van der Waals surface area (Å²) in [5, 5.41) is 0. The molecule has 1 aliphatic heterocycles. The van der Waals surface area contributed by atoms with E-state index in [2.05, 4.69) is 4.74 Å². The molecule has 146 valence electrons. The van der Waals surface area contributed by atoms with E-state index in [1.54, 1.807) is 11.0 Å². The summed E-state index contributed by atoms with van der Waals surface area (Å²) in [5.74, 6) is -0.593. The molecule has 0 bridgehead atoms. The van der Waals surface area contributed by atoms with E-state index in [0.717, 1.165) is 5.56 Å². The second kappa shape index (κ2) is 9.01. The van der Waals surface area contributed by atoms with Crippen molar-refractivity contribution < 1.29 is 23.0 Å². The fourth-order valence-corrected chi connectivity index (χ4v) is 3.27. The highest BCUT2D eigenvalue weighted by atomic mass is 35.5. The molecule has 2 aromatic rings. The van der Waals surface area contributed by atoms with E-state index in [1.807, 2.05) is 30.3 Å². The van der Waals surface area contributed by atoms with Crippen LogP contribution in [0.3, 0.4) is 0 Å². The fourth-order valence-electron chi connectivity index (χ4n) is 3.27. The molecule has 0 aliphatic carbocycles. The summed E-state index contributed by atoms with van der Waals surface area (Å²) < 4.78 is 35.2. The number of carbonyl (C=O) groups excluding carboxylic acids is 1. The number of hydrogen-bond donors (Lipinski definition) is 1. The molecule has 27 heavy (non-hydrogen) atoms. The minimum Gasteiger partial charge on any atom is -0.493 e. The predicted octanol–water partition coefficient (Wildman–Crippen LogP) is 3.29. The average molecular weight is 399 g/mol. The molecule has 1 aliphatic rings. The molecule has 1 heterocycles. The minimum absolute atomic E-state index is 0. The Balaban J connectivity index is 0.00000261. The number of amides is 1. The first-order valence-electron chi connectivity index (χ1n) is 8.23. The number of likely N-dealkylation sites (tertiary alicyclic amines) is 1. The van der Waals surface area contributed by atoms with Gasteiger partial charge < -0.3 is 20.1 Å². The summed E-state index contributed by atoms with van der Waals surface area (Å²) in [4.78, 5) is 14.5. The van der Waals surface area contributed by atoms with Crippen LogP contribution < -0.4 is 15.2 Å². The predicted molar refractivity (Wildman–Crippen MR) is 99.9 cm³/mol. The maximum atomic E-state index is 12.9. The van der Waals surface area contributed by atoms with Crippen LogP contribution >= 0.6 is 12.4 Å². The summed E-state index contributed by atoms with van der Waals surface area (Å²) in [5.41, 5.74) is 7.30. The molecule has 2 N–H and O–H groups in total. The van der Waals surface area contributed by atoms with E-state index in [9.17, 15) is 13.6 Å². The largest absolute Gasteiger partial charge is 0.493 e. The summed E-state index contributed by atoms with van der Waals surface area (Å²) in [6.07, 6.45) is 0. The van der Waals surface area contributed by atoms with Gasteiger partial charge in [0.2, 0.25) is 0 Å². The first-order chi connectivity index (χ1) is 12.5. The van der Waals surface area contributed by atoms with Crippen molar-refractivity contribution in [2.45, 2.75) is 18.6 Å². The Bertz CT molecular complexity index is 777. The quantitative estimate of drug-likeness (QED) is 0.839. The number of nitrogens with two attached hydrogens (primary N) is 1. The van der Waals surface area contributed by atoms with Crippen molar-refractivity contribution in [1.29, 1.82) is 0 Å². The first-order valence-corrected chi connectivity index (χ1v) is 8.23. The van der Waals surface area contributed by atoms with Gasteiger partial charge in [-0.1, -0.05) is 36.4 Å². The third kappa shape index (κ3) is 4.48. The van der Waals surface area contributed by atoms with Crippen LogP contribution in [0.5, 0.6) is 11.5 Å². The lowest BCUT2D eigenvalue weighted by Gasteiger charge is -2.19. The molecule has 2 atom stereocenters. The zero-order valence-electron chi connectivity index (χ0n) is 14.7. The monoisotopic (exact) mass is 398 g/mol. The van der Waals surface area contributed by atoms with E-state index >= 15 is 0 Å². The van der Waals surface area contributed by atoms with Gasteiger partial charge in [-0.25, -0.2) is 0 Å². The summed E-state index contributed by atoms with van der Waals surface area (Å²) in [6.45, 7) is -2.31. The summed E-state index contributed by atoms with van der Waals surface area (Å²) in [7, 11) is 1.33. The topological polar surface area (TPSA) is 64.8 Å². The number of ether oxygens (including phenoxy) is 2. The Labute approximate surface area is 162 Å². The van der Waals surface area contributed by atoms with Crippen molar-refractivity contribution in [3.05, 3.63) is 59.7 Å². The smallest absolute Gasteiger partial charge is 0.387 e. The molecule has 1 amide bonds. The van der Waals surface area contributed by atoms with Gasteiger partial charge in [-0.2, -0.15) is 8.78 Å². The highest BCUT2D eigenvalue weighted by Crippen LogP contribution is 2.35. The molecule has 0 spiro atoms. The van der Waals surface area contributed by atoms with Crippen LogP contribution in [0.4, 0.5) is 8.78 Å². The zero-order valence-corrected chi connectivity index (χ0v) is 15.5. The first kappa shape index (κ1) is 20.9. The van der Waals surface area contributed by atoms with E-state index in [1.165, 1.54) is 19.2 Å². The number of hydrogen-bond acceptors (Lipinski definition) is 4. The van der Waals surface area contributed by atoms with Crippen molar-refractivity contribution in [2.24, 2.45) is 5.73 Å². The van der Waals surface area contributed by atoms with Gasteiger partial charge >= 0.3 is 6.61 Å². The van der Waals surface area contributed by atoms with Gasteiger partial charge in [0, 0.05) is 25.0 Å². The van der Waals surface area contributed by atoms with Crippen LogP contribution in [0.1, 0.15) is 21.8 Å². The number of nitrogens with zero attached hydrogens (tertiary/aromatic N) is 1. The molecule has 0 radical (unpaired) electrons. The average Bonchev–Trinajstić information content (AvgIpc) is 3.03. The van der Waals surface area contributed by atoms with E-state index in [0.29, 0.717) is 13.1 Å². The molecule has 3 rings (SSSR count). The van der Waals surface area contributed by atoms with Gasteiger partial charge in [0.1, 0.15) is 0 Å². The molecule has 0 aromatic heterocycles. The fraction of sp³-hybridized carbons (Fsp3) is 0.316. The number of alkyl halides is 2. The molecule has 0 unspecified atom stereocenters. The van der Waals surface area contributed by atoms with E-state index < -0.39 is 12.5 Å². The number of benzene rings is 2. The van der Waals surface area contributed by atoms with Gasteiger partial charge in [0.25, 0.3) is 5.91 Å². The van der Waals surface area contributed by atoms with E-state index in [4.69, 9.17) is 10.5 Å². The Morgan fingerprint density at radius 2 is 1.85 bits per heavy atom. The maximum absolute atomic E-state index is 12.9. The second-order valence-electron chi connectivity index (χ2n) is 6.11. The Kier molecular flexibility index (Phi) is 6.98. The Morgan fingerprint density at radius 1 is 1.15 bits per heavy atom. The van der Waals surface area contributed by atoms with Crippen LogP contribution in [-0.2, 0) is 0 Å². The lowest BCUT2D eigenvalue weighted by atomic mass is 9.95. The summed E-state index contributed by atoms with van der Waals surface area (Å²) in [6, 6.07) is 13.9. The molecule has 2 aromatic carbocycles. The number of carbonyl (C=O) groups is 1. The van der Waals surface area contributed by atoms with Crippen LogP contribution in [-0.4, -0.2) is 43.7 Å². The second-order valence-corrected chi connectivity index (χ2v) is 6.11. The molecular formula is C19H21ClF2N2O3. The molecular weight excluding hydrogens is 378 g/mol. The number of halogens is 3. The van der Waals surface area contributed by atoms with Crippen molar-refractivity contribution >= 4 is 18.3 Å². The molecule has 0 saturated carbocycles. The van der Waals surface area contributed by atoms with Crippen LogP contribution in [0, 0.1) is 0 Å². The summed E-state index contributed by atoms with van der Waals surface area (Å²) >= 11 is 0. The minimum atomic E-state index is -3.06. The van der Waals surface area contributed by atoms with Crippen LogP contribution in [0.25, 0.3) is 0 Å². The SMILES string of the molecule is COc1cccc(C(=O)N2C[C@@H](N)[C@H](c3ccccc3)C2)c1OC(F)F.Cl. The van der Waals surface area contributed by atoms with Crippen molar-refractivity contribution in [1.82, 2.24) is 4.90 Å². The van der Waals surface area contributed by atoms with Crippen molar-refractivity contribution in [2.75, 3.05) is 20.2 Å². The van der Waals surface area contributed by atoms with Crippen molar-refractivity contribution in [3.8, 4) is 11.5 Å². The van der Waals surface area contributed by atoms with Crippen molar-refractivity contribution in [3.63, 3.8) is 0 Å². The molecule has 1 saturated heterocycles. The molecule has 8 heteroatoms. The Hall–Kier alpha value is -2.38. The van der Waals surface area contributed by atoms with Crippen LogP contribution in [0.15, 0.2) is 48.5 Å². The maximum Gasteiger partial charge on any atom is 0.387 e. The highest BCUT2D eigenvalue weighted by molar-refractivity contribution is 5.98. The lowest BCUT2D eigenvalue weighted by Crippen LogP contribution is -2.32. The van der Waals surface area contributed by atoms with Gasteiger partial charge in [-0.15, -0.1) is 12.4 Å². The van der Waals surface area contributed by atoms with Gasteiger partial charge in [0.15, 0.2) is 11.5 Å². The molecule has 1 fully saturated rings. The number of para-hydroxylation sites is 1. The number of rotatable bonds is 5. The van der Waals surface area contributed by atoms with E-state index in [-0.39, 0.29) is 41.4 Å². The third-order valence-electron chi connectivity index (χ3n) is 4.52. The molecule has 5 nitrogen and oxygen atoms in total. The van der Waals surface area contributed by atoms with Crippen LogP contribution in [0.2, 0.25) is 0 Å². The lowest BCUT2D eigenvalue weighted by molar-refractivity contribution is -0.0516. The normalized spacial score (nSPS) is 18.9. The number of methoxy groups -OCH3 is 1.